The molecule has 2 atom stereocenters. The van der Waals surface area contributed by atoms with Crippen LogP contribution in [0.15, 0.2) is 0 Å². The van der Waals surface area contributed by atoms with Crippen molar-refractivity contribution in [3.05, 3.63) is 16.4 Å². The lowest BCUT2D eigenvalue weighted by Crippen LogP contribution is -2.40. The van der Waals surface area contributed by atoms with E-state index in [-0.39, 0.29) is 0 Å². The predicted molar refractivity (Wildman–Crippen MR) is 79.4 cm³/mol. The molecule has 18 heavy (non-hydrogen) atoms. The van der Waals surface area contributed by atoms with Crippen molar-refractivity contribution in [1.82, 2.24) is 15.1 Å². The van der Waals surface area contributed by atoms with Gasteiger partial charge in [0.05, 0.1) is 5.69 Å². The lowest BCUT2D eigenvalue weighted by molar-refractivity contribution is 0.383. The van der Waals surface area contributed by atoms with Gasteiger partial charge in [-0.05, 0) is 26.0 Å². The number of hydrogen-bond acceptors (Lipinski definition) is 3. The minimum atomic E-state index is 0.615. The average Bonchev–Trinajstić information content (AvgIpc) is 2.62. The molecule has 1 aliphatic rings. The van der Waals surface area contributed by atoms with E-state index in [2.05, 4.69) is 16.7 Å². The highest BCUT2D eigenvalue weighted by Gasteiger charge is 2.24. The molecule has 1 aliphatic carbocycles. The molecule has 1 heterocycles. The van der Waals surface area contributed by atoms with E-state index in [1.807, 2.05) is 25.7 Å². The molecule has 1 fully saturated rings. The van der Waals surface area contributed by atoms with E-state index in [1.165, 1.54) is 25.7 Å². The number of nitrogens with one attached hydrogen (secondary N) is 1. The Balaban J connectivity index is 1.98. The van der Waals surface area contributed by atoms with Crippen molar-refractivity contribution in [2.24, 2.45) is 7.05 Å². The standard InChI is InChI=1S/C13H22ClN3S/c1-9-10(13(14)17(2)16-9)8-15-11-6-4-5-7-12(11)18-3/h11-12,15H,4-8H2,1-3H3. The SMILES string of the molecule is CSC1CCCCC1NCc1c(C)nn(C)c1Cl. The van der Waals surface area contributed by atoms with E-state index in [1.54, 1.807) is 4.68 Å². The average molecular weight is 288 g/mol. The molecule has 1 aromatic heterocycles. The normalized spacial score (nSPS) is 24.4. The largest absolute Gasteiger partial charge is 0.309 e. The highest BCUT2D eigenvalue weighted by Crippen LogP contribution is 2.28. The molecule has 1 aromatic rings. The predicted octanol–water partition coefficient (Wildman–Crippen LogP) is 3.15. The summed E-state index contributed by atoms with van der Waals surface area (Å²) < 4.78 is 1.75. The second-order valence-corrected chi connectivity index (χ2v) is 6.46. The maximum absolute atomic E-state index is 6.26. The lowest BCUT2D eigenvalue weighted by atomic mass is 9.94. The van der Waals surface area contributed by atoms with Gasteiger partial charge in [-0.15, -0.1) is 0 Å². The molecule has 2 unspecified atom stereocenters. The summed E-state index contributed by atoms with van der Waals surface area (Å²) in [5.41, 5.74) is 2.18. The number of nitrogens with zero attached hydrogens (tertiary/aromatic N) is 2. The molecule has 0 bridgehead atoms. The fraction of sp³-hybridized carbons (Fsp3) is 0.769. The summed E-state index contributed by atoms with van der Waals surface area (Å²) in [5, 5.41) is 9.53. The second kappa shape index (κ2) is 6.31. The van der Waals surface area contributed by atoms with E-state index in [0.717, 1.165) is 28.2 Å². The summed E-state index contributed by atoms with van der Waals surface area (Å²) in [6.07, 6.45) is 7.54. The lowest BCUT2D eigenvalue weighted by Gasteiger charge is -2.31. The van der Waals surface area contributed by atoms with Crippen LogP contribution in [0.5, 0.6) is 0 Å². The molecule has 0 amide bonds. The van der Waals surface area contributed by atoms with Gasteiger partial charge in [0.15, 0.2) is 0 Å². The molecule has 1 saturated carbocycles. The van der Waals surface area contributed by atoms with Crippen molar-refractivity contribution >= 4 is 23.4 Å². The smallest absolute Gasteiger partial charge is 0.131 e. The van der Waals surface area contributed by atoms with Gasteiger partial charge in [-0.25, -0.2) is 0 Å². The van der Waals surface area contributed by atoms with Gasteiger partial charge < -0.3 is 5.32 Å². The fourth-order valence-corrected chi connectivity index (χ4v) is 3.92. The number of rotatable bonds is 4. The number of thioether (sulfide) groups is 1. The molecular weight excluding hydrogens is 266 g/mol. The Morgan fingerprint density at radius 1 is 1.44 bits per heavy atom. The molecule has 1 N–H and O–H groups in total. The third-order valence-corrected chi connectivity index (χ3v) is 5.46. The molecule has 3 nitrogen and oxygen atoms in total. The zero-order valence-electron chi connectivity index (χ0n) is 11.4. The first-order chi connectivity index (χ1) is 8.63. The first-order valence-corrected chi connectivity index (χ1v) is 8.24. The number of hydrogen-bond donors (Lipinski definition) is 1. The van der Waals surface area contributed by atoms with Gasteiger partial charge in [0.2, 0.25) is 0 Å². The van der Waals surface area contributed by atoms with E-state index in [0.29, 0.717) is 6.04 Å². The van der Waals surface area contributed by atoms with Crippen molar-refractivity contribution in [2.75, 3.05) is 6.26 Å². The van der Waals surface area contributed by atoms with Crippen molar-refractivity contribution in [3.63, 3.8) is 0 Å². The maximum Gasteiger partial charge on any atom is 0.131 e. The highest BCUT2D eigenvalue weighted by molar-refractivity contribution is 7.99. The van der Waals surface area contributed by atoms with Gasteiger partial charge in [0.1, 0.15) is 5.15 Å². The molecule has 0 aromatic carbocycles. The summed E-state index contributed by atoms with van der Waals surface area (Å²) >= 11 is 8.24. The van der Waals surface area contributed by atoms with Crippen LogP contribution in [0, 0.1) is 6.92 Å². The van der Waals surface area contributed by atoms with Crippen molar-refractivity contribution < 1.29 is 0 Å². The molecule has 0 spiro atoms. The maximum atomic E-state index is 6.26. The molecular formula is C13H22ClN3S. The number of aryl methyl sites for hydroxylation is 2. The summed E-state index contributed by atoms with van der Waals surface area (Å²) in [7, 11) is 1.89. The highest BCUT2D eigenvalue weighted by atomic mass is 35.5. The topological polar surface area (TPSA) is 29.9 Å². The third-order valence-electron chi connectivity index (χ3n) is 3.82. The first kappa shape index (κ1) is 14.2. The Bertz CT molecular complexity index is 405. The monoisotopic (exact) mass is 287 g/mol. The van der Waals surface area contributed by atoms with Crippen molar-refractivity contribution in [1.29, 1.82) is 0 Å². The molecule has 0 aliphatic heterocycles. The van der Waals surface area contributed by atoms with Gasteiger partial charge in [-0.1, -0.05) is 24.4 Å². The van der Waals surface area contributed by atoms with Gasteiger partial charge in [-0.2, -0.15) is 16.9 Å². The van der Waals surface area contributed by atoms with E-state index in [9.17, 15) is 0 Å². The summed E-state index contributed by atoms with van der Waals surface area (Å²) in [6.45, 7) is 2.86. The van der Waals surface area contributed by atoms with Crippen molar-refractivity contribution in [3.8, 4) is 0 Å². The van der Waals surface area contributed by atoms with Crippen LogP contribution in [0.25, 0.3) is 0 Å². The zero-order valence-corrected chi connectivity index (χ0v) is 12.9. The Labute approximate surface area is 119 Å². The van der Waals surface area contributed by atoms with E-state index >= 15 is 0 Å². The first-order valence-electron chi connectivity index (χ1n) is 6.57. The summed E-state index contributed by atoms with van der Waals surface area (Å²) in [6, 6.07) is 0.615. The van der Waals surface area contributed by atoms with Gasteiger partial charge in [0, 0.05) is 30.4 Å². The fourth-order valence-electron chi connectivity index (χ4n) is 2.72. The zero-order chi connectivity index (χ0) is 13.1. The van der Waals surface area contributed by atoms with Crippen LogP contribution >= 0.6 is 23.4 Å². The molecule has 102 valence electrons. The van der Waals surface area contributed by atoms with Gasteiger partial charge in [-0.3, -0.25) is 4.68 Å². The summed E-state index contributed by atoms with van der Waals surface area (Å²) in [4.78, 5) is 0. The van der Waals surface area contributed by atoms with E-state index in [4.69, 9.17) is 11.6 Å². The van der Waals surface area contributed by atoms with Crippen molar-refractivity contribution in [2.45, 2.75) is 50.4 Å². The van der Waals surface area contributed by atoms with Crippen LogP contribution in [-0.2, 0) is 13.6 Å². The molecule has 2 rings (SSSR count). The minimum Gasteiger partial charge on any atom is -0.309 e. The van der Waals surface area contributed by atoms with Crippen LogP contribution in [0.4, 0.5) is 0 Å². The van der Waals surface area contributed by atoms with Crippen LogP contribution in [0.3, 0.4) is 0 Å². The quantitative estimate of drug-likeness (QED) is 0.923. The van der Waals surface area contributed by atoms with Gasteiger partial charge in [0.25, 0.3) is 0 Å². The van der Waals surface area contributed by atoms with E-state index < -0.39 is 0 Å². The second-order valence-electron chi connectivity index (χ2n) is 5.02. The van der Waals surface area contributed by atoms with Crippen LogP contribution in [-0.4, -0.2) is 27.3 Å². The Morgan fingerprint density at radius 3 is 2.78 bits per heavy atom. The van der Waals surface area contributed by atoms with Gasteiger partial charge >= 0.3 is 0 Å². The van der Waals surface area contributed by atoms with Crippen LogP contribution in [0.2, 0.25) is 5.15 Å². The Morgan fingerprint density at radius 2 is 2.17 bits per heavy atom. The number of aromatic nitrogens is 2. The summed E-state index contributed by atoms with van der Waals surface area (Å²) in [5.74, 6) is 0. The Kier molecular flexibility index (Phi) is 4.98. The minimum absolute atomic E-state index is 0.615. The molecule has 5 heteroatoms. The van der Waals surface area contributed by atoms with Crippen LogP contribution < -0.4 is 5.32 Å². The molecule has 0 saturated heterocycles. The molecule has 0 radical (unpaired) electrons. The Hall–Kier alpha value is -0.190. The third kappa shape index (κ3) is 3.03. The van der Waals surface area contributed by atoms with Crippen LogP contribution in [0.1, 0.15) is 36.9 Å². The number of halogens is 1.